The number of benzene rings is 1. The van der Waals surface area contributed by atoms with E-state index in [4.69, 9.17) is 14.2 Å². The van der Waals surface area contributed by atoms with Crippen molar-refractivity contribution >= 4 is 35.2 Å². The third kappa shape index (κ3) is 11.1. The maximum atomic E-state index is 14.1. The summed E-state index contributed by atoms with van der Waals surface area (Å²) in [6, 6.07) is 3.27. The number of piperidine rings is 1. The SMILES string of the molecule is COCCCCNc1cc(F)ccc1NC(=O)C(=O)N(CC(C)C)[C@H]1CC(C(=O)N2CCOCC2)CN(C(=O)OC(C)(C)C)C1. The van der Waals surface area contributed by atoms with Crippen molar-refractivity contribution in [2.24, 2.45) is 11.8 Å². The second-order valence-corrected chi connectivity index (χ2v) is 13.0. The molecule has 2 N–H and O–H groups in total. The quantitative estimate of drug-likeness (QED) is 0.279. The van der Waals surface area contributed by atoms with Gasteiger partial charge in [0.2, 0.25) is 5.91 Å². The Balaban J connectivity index is 1.83. The predicted octanol–water partition coefficient (Wildman–Crippen LogP) is 3.57. The molecule has 0 aliphatic carbocycles. The highest BCUT2D eigenvalue weighted by atomic mass is 19.1. The molecule has 252 valence electrons. The Morgan fingerprint density at radius 3 is 2.42 bits per heavy atom. The molecule has 3 rings (SSSR count). The second kappa shape index (κ2) is 16.7. The number of amides is 4. The van der Waals surface area contributed by atoms with Crippen molar-refractivity contribution in [1.29, 1.82) is 0 Å². The average Bonchev–Trinajstić information content (AvgIpc) is 2.99. The molecule has 2 aliphatic rings. The van der Waals surface area contributed by atoms with Crippen molar-refractivity contribution in [3.05, 3.63) is 24.0 Å². The van der Waals surface area contributed by atoms with E-state index in [0.29, 0.717) is 45.1 Å². The number of carbonyl (C=O) groups is 4. The summed E-state index contributed by atoms with van der Waals surface area (Å²) < 4.78 is 30.2. The maximum Gasteiger partial charge on any atom is 0.410 e. The van der Waals surface area contributed by atoms with Crippen LogP contribution >= 0.6 is 0 Å². The van der Waals surface area contributed by atoms with Gasteiger partial charge in [0, 0.05) is 53.0 Å². The van der Waals surface area contributed by atoms with Gasteiger partial charge in [-0.2, -0.15) is 0 Å². The fourth-order valence-electron chi connectivity index (χ4n) is 5.46. The number of rotatable bonds is 11. The molecule has 0 spiro atoms. The van der Waals surface area contributed by atoms with Crippen molar-refractivity contribution < 1.29 is 37.8 Å². The maximum absolute atomic E-state index is 14.1. The van der Waals surface area contributed by atoms with Crippen LogP contribution in [0.4, 0.5) is 20.6 Å². The Kier molecular flexibility index (Phi) is 13.4. The van der Waals surface area contributed by atoms with Crippen LogP contribution in [0, 0.1) is 17.7 Å². The normalized spacial score (nSPS) is 18.8. The van der Waals surface area contributed by atoms with Crippen LogP contribution in [0.3, 0.4) is 0 Å². The van der Waals surface area contributed by atoms with Crippen molar-refractivity contribution in [2.45, 2.75) is 65.5 Å². The highest BCUT2D eigenvalue weighted by molar-refractivity contribution is 6.40. The van der Waals surface area contributed by atoms with Crippen LogP contribution in [0.15, 0.2) is 18.2 Å². The van der Waals surface area contributed by atoms with Gasteiger partial charge in [-0.25, -0.2) is 9.18 Å². The third-order valence-electron chi connectivity index (χ3n) is 7.53. The Morgan fingerprint density at radius 2 is 1.78 bits per heavy atom. The lowest BCUT2D eigenvalue weighted by Gasteiger charge is -2.43. The van der Waals surface area contributed by atoms with Gasteiger partial charge in [0.1, 0.15) is 11.4 Å². The average molecular weight is 636 g/mol. The summed E-state index contributed by atoms with van der Waals surface area (Å²) in [7, 11) is 1.62. The number of anilines is 2. The Morgan fingerprint density at radius 1 is 1.07 bits per heavy atom. The molecule has 0 saturated carbocycles. The number of nitrogens with zero attached hydrogens (tertiary/aromatic N) is 3. The molecule has 2 aliphatic heterocycles. The van der Waals surface area contributed by atoms with Crippen molar-refractivity contribution in [3.63, 3.8) is 0 Å². The number of hydrogen-bond acceptors (Lipinski definition) is 8. The van der Waals surface area contributed by atoms with Crippen molar-refractivity contribution in [3.8, 4) is 0 Å². The molecule has 2 saturated heterocycles. The Hall–Kier alpha value is -3.45. The second-order valence-electron chi connectivity index (χ2n) is 13.0. The van der Waals surface area contributed by atoms with E-state index in [1.165, 1.54) is 28.0 Å². The van der Waals surface area contributed by atoms with Crippen molar-refractivity contribution in [1.82, 2.24) is 14.7 Å². The monoisotopic (exact) mass is 635 g/mol. The zero-order chi connectivity index (χ0) is 33.1. The summed E-state index contributed by atoms with van der Waals surface area (Å²) >= 11 is 0. The molecular weight excluding hydrogens is 585 g/mol. The van der Waals surface area contributed by atoms with E-state index >= 15 is 0 Å². The number of methoxy groups -OCH3 is 1. The Labute approximate surface area is 265 Å². The molecule has 0 aromatic heterocycles. The number of ether oxygens (including phenoxy) is 3. The van der Waals surface area contributed by atoms with Gasteiger partial charge in [0.05, 0.1) is 36.5 Å². The summed E-state index contributed by atoms with van der Waals surface area (Å²) in [6.45, 7) is 12.5. The number of halogens is 1. The number of carbonyl (C=O) groups excluding carboxylic acids is 4. The van der Waals surface area contributed by atoms with Crippen LogP contribution in [0.5, 0.6) is 0 Å². The molecule has 12 nitrogen and oxygen atoms in total. The van der Waals surface area contributed by atoms with Gasteiger partial charge in [0.15, 0.2) is 0 Å². The van der Waals surface area contributed by atoms with E-state index in [-0.39, 0.29) is 43.6 Å². The van der Waals surface area contributed by atoms with Gasteiger partial charge >= 0.3 is 17.9 Å². The van der Waals surface area contributed by atoms with Crippen LogP contribution in [0.2, 0.25) is 0 Å². The largest absolute Gasteiger partial charge is 0.444 e. The van der Waals surface area contributed by atoms with E-state index in [9.17, 15) is 23.6 Å². The molecule has 0 bridgehead atoms. The van der Waals surface area contributed by atoms with E-state index in [2.05, 4.69) is 10.6 Å². The van der Waals surface area contributed by atoms with E-state index in [1.54, 1.807) is 32.8 Å². The van der Waals surface area contributed by atoms with E-state index < -0.39 is 41.3 Å². The third-order valence-corrected chi connectivity index (χ3v) is 7.53. The molecule has 13 heteroatoms. The number of nitrogens with one attached hydrogen (secondary N) is 2. The number of likely N-dealkylation sites (tertiary alicyclic amines) is 1. The van der Waals surface area contributed by atoms with Gasteiger partial charge in [-0.05, 0) is 64.2 Å². The van der Waals surface area contributed by atoms with Gasteiger partial charge in [-0.1, -0.05) is 13.8 Å². The first-order valence-corrected chi connectivity index (χ1v) is 15.8. The molecule has 4 amide bonds. The van der Waals surface area contributed by atoms with E-state index in [1.807, 2.05) is 13.8 Å². The minimum absolute atomic E-state index is 0.0119. The van der Waals surface area contributed by atoms with Gasteiger partial charge < -0.3 is 39.5 Å². The zero-order valence-corrected chi connectivity index (χ0v) is 27.5. The fourth-order valence-corrected chi connectivity index (χ4v) is 5.46. The number of unbranched alkanes of at least 4 members (excludes halogenated alkanes) is 1. The highest BCUT2D eigenvalue weighted by Crippen LogP contribution is 2.27. The standard InChI is InChI=1S/C32H50FN5O7/c1-22(2)19-38(30(41)28(39)35-26-10-9-24(33)18-27(26)34-11-7-8-14-43-6)25-17-23(29(40)36-12-15-44-16-13-36)20-37(21-25)31(42)45-32(3,4)5/h9-10,18,22-23,25,34H,7-8,11-17,19-21H2,1-6H3,(H,35,39)/t23?,25-/m0/s1. The molecule has 1 aromatic rings. The first kappa shape index (κ1) is 36.0. The van der Waals surface area contributed by atoms with Gasteiger partial charge in [-0.3, -0.25) is 14.4 Å². The minimum Gasteiger partial charge on any atom is -0.444 e. The first-order valence-electron chi connectivity index (χ1n) is 15.8. The molecule has 2 heterocycles. The van der Waals surface area contributed by atoms with Crippen LogP contribution < -0.4 is 10.6 Å². The van der Waals surface area contributed by atoms with Gasteiger partial charge in [0.25, 0.3) is 0 Å². The molecule has 1 aromatic carbocycles. The first-order chi connectivity index (χ1) is 21.3. The van der Waals surface area contributed by atoms with Crippen LogP contribution in [-0.2, 0) is 28.6 Å². The van der Waals surface area contributed by atoms with Gasteiger partial charge in [-0.15, -0.1) is 0 Å². The zero-order valence-electron chi connectivity index (χ0n) is 27.5. The molecule has 1 unspecified atom stereocenters. The highest BCUT2D eigenvalue weighted by Gasteiger charge is 2.42. The van der Waals surface area contributed by atoms with Crippen LogP contribution in [0.25, 0.3) is 0 Å². The lowest BCUT2D eigenvalue weighted by Crippen LogP contribution is -2.59. The molecule has 0 radical (unpaired) electrons. The van der Waals surface area contributed by atoms with Crippen LogP contribution in [-0.4, -0.2) is 116 Å². The van der Waals surface area contributed by atoms with Crippen LogP contribution in [0.1, 0.15) is 53.9 Å². The minimum atomic E-state index is -0.893. The summed E-state index contributed by atoms with van der Waals surface area (Å²) in [4.78, 5) is 58.8. The topological polar surface area (TPSA) is 130 Å². The fraction of sp³-hybridized carbons (Fsp3) is 0.688. The van der Waals surface area contributed by atoms with E-state index in [0.717, 1.165) is 12.8 Å². The lowest BCUT2D eigenvalue weighted by atomic mass is 9.91. The summed E-state index contributed by atoms with van der Waals surface area (Å²) in [5.41, 5.74) is -0.134. The molecule has 2 atom stereocenters. The molecule has 45 heavy (non-hydrogen) atoms. The number of morpholine rings is 1. The smallest absolute Gasteiger partial charge is 0.410 e. The predicted molar refractivity (Wildman–Crippen MR) is 168 cm³/mol. The summed E-state index contributed by atoms with van der Waals surface area (Å²) in [6.07, 6.45) is 1.27. The molecule has 2 fully saturated rings. The lowest BCUT2D eigenvalue weighted by molar-refractivity contribution is -0.149. The summed E-state index contributed by atoms with van der Waals surface area (Å²) in [5, 5.41) is 5.78. The van der Waals surface area contributed by atoms with Crippen molar-refractivity contribution in [2.75, 3.05) is 76.8 Å². The summed E-state index contributed by atoms with van der Waals surface area (Å²) in [5.74, 6) is -2.90. The Bertz CT molecular complexity index is 1170. The number of hydrogen-bond donors (Lipinski definition) is 2. The molecular formula is C32H50FN5O7.